The highest BCUT2D eigenvalue weighted by atomic mass is 16.6. The second-order valence-electron chi connectivity index (χ2n) is 5.24. The van der Waals surface area contributed by atoms with E-state index in [4.69, 9.17) is 0 Å². The number of aromatic nitrogens is 2. The number of ketones is 1. The predicted molar refractivity (Wildman–Crippen MR) is 84.7 cm³/mol. The lowest BCUT2D eigenvalue weighted by atomic mass is 10.1. The summed E-state index contributed by atoms with van der Waals surface area (Å²) in [7, 11) is 0. The van der Waals surface area contributed by atoms with Gasteiger partial charge in [0, 0.05) is 34.3 Å². The lowest BCUT2D eigenvalue weighted by Gasteiger charge is -2.06. The Morgan fingerprint density at radius 2 is 2.09 bits per heavy atom. The van der Waals surface area contributed by atoms with Gasteiger partial charge < -0.3 is 9.55 Å². The fraction of sp³-hybridized carbons (Fsp3) is 0.125. The first kappa shape index (κ1) is 14.7. The fourth-order valence-corrected chi connectivity index (χ4v) is 2.53. The molecule has 1 aromatic carbocycles. The van der Waals surface area contributed by atoms with Gasteiger partial charge in [-0.2, -0.15) is 0 Å². The molecule has 0 saturated heterocycles. The third-order valence-corrected chi connectivity index (χ3v) is 3.67. The van der Waals surface area contributed by atoms with Gasteiger partial charge in [0.25, 0.3) is 11.2 Å². The quantitative estimate of drug-likeness (QED) is 0.454. The Kier molecular flexibility index (Phi) is 3.53. The maximum absolute atomic E-state index is 12.5. The minimum Gasteiger partial charge on any atom is -0.360 e. The van der Waals surface area contributed by atoms with E-state index in [1.54, 1.807) is 12.3 Å². The van der Waals surface area contributed by atoms with Crippen LogP contribution in [0.15, 0.2) is 47.5 Å². The molecule has 0 aliphatic carbocycles. The normalized spacial score (nSPS) is 10.8. The third-order valence-electron chi connectivity index (χ3n) is 3.67. The molecule has 116 valence electrons. The van der Waals surface area contributed by atoms with E-state index in [1.165, 1.54) is 13.0 Å². The number of nitro groups is 1. The molecule has 3 rings (SSSR count). The minimum atomic E-state index is -0.584. The summed E-state index contributed by atoms with van der Waals surface area (Å²) in [6.45, 7) is 1.24. The van der Waals surface area contributed by atoms with Gasteiger partial charge in [0.15, 0.2) is 5.78 Å². The molecular weight excluding hydrogens is 298 g/mol. The van der Waals surface area contributed by atoms with Gasteiger partial charge in [-0.05, 0) is 13.0 Å². The van der Waals surface area contributed by atoms with E-state index in [1.807, 2.05) is 18.2 Å². The number of nitrogens with zero attached hydrogens (tertiary/aromatic N) is 2. The van der Waals surface area contributed by atoms with Crippen molar-refractivity contribution in [3.05, 3.63) is 74.3 Å². The Morgan fingerprint density at radius 1 is 1.35 bits per heavy atom. The second-order valence-corrected chi connectivity index (χ2v) is 5.24. The van der Waals surface area contributed by atoms with E-state index in [0.29, 0.717) is 5.56 Å². The van der Waals surface area contributed by atoms with Gasteiger partial charge in [-0.25, -0.2) is 0 Å². The van der Waals surface area contributed by atoms with Crippen molar-refractivity contribution in [2.24, 2.45) is 0 Å². The van der Waals surface area contributed by atoms with Crippen molar-refractivity contribution in [2.75, 3.05) is 0 Å². The Hall–Kier alpha value is -3.22. The number of pyridine rings is 1. The molecule has 7 heteroatoms. The third kappa shape index (κ3) is 2.64. The lowest BCUT2D eigenvalue weighted by Crippen LogP contribution is -2.25. The molecule has 0 atom stereocenters. The van der Waals surface area contributed by atoms with Gasteiger partial charge >= 0.3 is 0 Å². The standard InChI is InChI=1S/C16H13N3O4/c1-10-6-11(19(22)23)8-18(16(10)21)9-15(20)13-7-17-14-5-3-2-4-12(13)14/h2-8,17H,9H2,1H3. The summed E-state index contributed by atoms with van der Waals surface area (Å²) < 4.78 is 1.08. The van der Waals surface area contributed by atoms with Gasteiger partial charge in [-0.15, -0.1) is 0 Å². The van der Waals surface area contributed by atoms with E-state index in [2.05, 4.69) is 4.98 Å². The van der Waals surface area contributed by atoms with Crippen LogP contribution in [0.1, 0.15) is 15.9 Å². The number of benzene rings is 1. The molecule has 7 nitrogen and oxygen atoms in total. The predicted octanol–water partition coefficient (Wildman–Crippen LogP) is 2.43. The summed E-state index contributed by atoms with van der Waals surface area (Å²) in [5.41, 5.74) is 0.874. The zero-order valence-electron chi connectivity index (χ0n) is 12.3. The SMILES string of the molecule is Cc1cc([N+](=O)[O-])cn(CC(=O)c2c[nH]c3ccccc23)c1=O. The summed E-state index contributed by atoms with van der Waals surface area (Å²) >= 11 is 0. The molecule has 0 bridgehead atoms. The molecule has 23 heavy (non-hydrogen) atoms. The number of H-pyrrole nitrogens is 1. The number of aromatic amines is 1. The molecule has 2 aromatic heterocycles. The van der Waals surface area contributed by atoms with Crippen LogP contribution in [0, 0.1) is 17.0 Å². The zero-order valence-corrected chi connectivity index (χ0v) is 12.3. The molecule has 0 aliphatic heterocycles. The van der Waals surface area contributed by atoms with Crippen molar-refractivity contribution < 1.29 is 9.72 Å². The molecule has 0 saturated carbocycles. The van der Waals surface area contributed by atoms with Gasteiger partial charge in [-0.1, -0.05) is 18.2 Å². The zero-order chi connectivity index (χ0) is 16.6. The number of para-hydroxylation sites is 1. The monoisotopic (exact) mass is 311 g/mol. The van der Waals surface area contributed by atoms with Crippen LogP contribution in [0.2, 0.25) is 0 Å². The number of aryl methyl sites for hydroxylation is 1. The number of carbonyl (C=O) groups excluding carboxylic acids is 1. The fourth-order valence-electron chi connectivity index (χ4n) is 2.53. The molecule has 0 aliphatic rings. The highest BCUT2D eigenvalue weighted by molar-refractivity contribution is 6.07. The van der Waals surface area contributed by atoms with Crippen LogP contribution in [0.3, 0.4) is 0 Å². The van der Waals surface area contributed by atoms with Crippen molar-refractivity contribution in [3.8, 4) is 0 Å². The number of carbonyl (C=O) groups is 1. The van der Waals surface area contributed by atoms with Crippen LogP contribution >= 0.6 is 0 Å². The molecule has 0 unspecified atom stereocenters. The lowest BCUT2D eigenvalue weighted by molar-refractivity contribution is -0.385. The van der Waals surface area contributed by atoms with Crippen LogP contribution in [-0.4, -0.2) is 20.3 Å². The number of nitrogens with one attached hydrogen (secondary N) is 1. The van der Waals surface area contributed by atoms with Crippen LogP contribution in [-0.2, 0) is 6.54 Å². The summed E-state index contributed by atoms with van der Waals surface area (Å²) in [6, 6.07) is 8.52. The maximum Gasteiger partial charge on any atom is 0.286 e. The van der Waals surface area contributed by atoms with E-state index < -0.39 is 10.5 Å². The molecule has 1 N–H and O–H groups in total. The molecule has 3 aromatic rings. The molecule has 0 radical (unpaired) electrons. The number of fused-ring (bicyclic) bond motifs is 1. The van der Waals surface area contributed by atoms with Crippen LogP contribution < -0.4 is 5.56 Å². The molecular formula is C16H13N3O4. The highest BCUT2D eigenvalue weighted by Gasteiger charge is 2.16. The first-order valence-corrected chi connectivity index (χ1v) is 6.92. The highest BCUT2D eigenvalue weighted by Crippen LogP contribution is 2.19. The van der Waals surface area contributed by atoms with Crippen molar-refractivity contribution in [1.82, 2.24) is 9.55 Å². The molecule has 2 heterocycles. The second kappa shape index (κ2) is 5.53. The van der Waals surface area contributed by atoms with Crippen molar-refractivity contribution >= 4 is 22.4 Å². The summed E-state index contributed by atoms with van der Waals surface area (Å²) in [5.74, 6) is -0.288. The van der Waals surface area contributed by atoms with Crippen molar-refractivity contribution in [1.29, 1.82) is 0 Å². The average Bonchev–Trinajstić information content (AvgIpc) is 2.95. The van der Waals surface area contributed by atoms with E-state index in [0.717, 1.165) is 21.7 Å². The van der Waals surface area contributed by atoms with E-state index >= 15 is 0 Å². The van der Waals surface area contributed by atoms with Gasteiger partial charge in [0.2, 0.25) is 0 Å². The average molecular weight is 311 g/mol. The first-order valence-electron chi connectivity index (χ1n) is 6.92. The topological polar surface area (TPSA) is 98.0 Å². The summed E-state index contributed by atoms with van der Waals surface area (Å²) in [5, 5.41) is 11.7. The largest absolute Gasteiger partial charge is 0.360 e. The molecule has 0 fully saturated rings. The minimum absolute atomic E-state index is 0.214. The van der Waals surface area contributed by atoms with Crippen molar-refractivity contribution in [2.45, 2.75) is 13.5 Å². The summed E-state index contributed by atoms with van der Waals surface area (Å²) in [4.78, 5) is 37.9. The number of rotatable bonds is 4. The van der Waals surface area contributed by atoms with Crippen LogP contribution in [0.4, 0.5) is 5.69 Å². The number of Topliss-reactive ketones (excluding diaryl/α,β-unsaturated/α-hetero) is 1. The molecule has 0 spiro atoms. The van der Waals surface area contributed by atoms with Gasteiger partial charge in [0.05, 0.1) is 17.7 Å². The van der Waals surface area contributed by atoms with Gasteiger partial charge in [0.1, 0.15) is 0 Å². The van der Waals surface area contributed by atoms with E-state index in [9.17, 15) is 19.7 Å². The maximum atomic E-state index is 12.5. The smallest absolute Gasteiger partial charge is 0.286 e. The van der Waals surface area contributed by atoms with Gasteiger partial charge in [-0.3, -0.25) is 19.7 Å². The Balaban J connectivity index is 2.00. The van der Waals surface area contributed by atoms with E-state index in [-0.39, 0.29) is 23.6 Å². The number of hydrogen-bond acceptors (Lipinski definition) is 4. The Labute approximate surface area is 130 Å². The summed E-state index contributed by atoms with van der Waals surface area (Å²) in [6.07, 6.45) is 2.68. The first-order chi connectivity index (χ1) is 11.0. The number of hydrogen-bond donors (Lipinski definition) is 1. The Bertz CT molecular complexity index is 984. The van der Waals surface area contributed by atoms with Crippen LogP contribution in [0.5, 0.6) is 0 Å². The van der Waals surface area contributed by atoms with Crippen LogP contribution in [0.25, 0.3) is 10.9 Å². The van der Waals surface area contributed by atoms with Crippen molar-refractivity contribution in [3.63, 3.8) is 0 Å². The Morgan fingerprint density at radius 3 is 2.83 bits per heavy atom. The molecule has 0 amide bonds.